The van der Waals surface area contributed by atoms with E-state index in [9.17, 15) is 9.59 Å². The van der Waals surface area contributed by atoms with Gasteiger partial charge in [0.2, 0.25) is 5.89 Å². The molecule has 0 fully saturated rings. The van der Waals surface area contributed by atoms with Crippen molar-refractivity contribution in [1.29, 1.82) is 0 Å². The minimum atomic E-state index is -0.667. The van der Waals surface area contributed by atoms with E-state index in [1.54, 1.807) is 6.20 Å². The number of aromatic amines is 2. The average Bonchev–Trinajstić information content (AvgIpc) is 3.90. The summed E-state index contributed by atoms with van der Waals surface area (Å²) in [6.07, 6.45) is 2.96. The minimum absolute atomic E-state index is 0.00953. The molecule has 3 aromatic carbocycles. The van der Waals surface area contributed by atoms with Crippen LogP contribution in [0, 0.1) is 5.92 Å². The van der Waals surface area contributed by atoms with Crippen LogP contribution in [0.3, 0.4) is 0 Å². The number of methoxy groups -OCH3 is 1. The summed E-state index contributed by atoms with van der Waals surface area (Å²) in [6, 6.07) is 24.2. The molecule has 1 atom stereocenters. The summed E-state index contributed by atoms with van der Waals surface area (Å²) in [5, 5.41) is 4.63. The van der Waals surface area contributed by atoms with Crippen LogP contribution >= 0.6 is 0 Å². The Balaban J connectivity index is 1.33. The molecular weight excluding hydrogens is 598 g/mol. The van der Waals surface area contributed by atoms with E-state index in [-0.39, 0.29) is 41.5 Å². The predicted octanol–water partition coefficient (Wildman–Crippen LogP) is 8.04. The number of hydrogen-bond acceptors (Lipinski definition) is 8. The van der Waals surface area contributed by atoms with Gasteiger partial charge in [-0.3, -0.25) is 0 Å². The van der Waals surface area contributed by atoms with Gasteiger partial charge in [-0.25, -0.2) is 14.6 Å². The minimum Gasteiger partial charge on any atom is -0.464 e. The van der Waals surface area contributed by atoms with E-state index in [1.807, 2.05) is 98.9 Å². The first kappa shape index (κ1) is 29.6. The first-order valence-electron chi connectivity index (χ1n) is 15.1. The fourth-order valence-corrected chi connectivity index (χ4v) is 5.56. The number of carbonyl (C=O) groups is 2. The second kappa shape index (κ2) is 12.4. The van der Waals surface area contributed by atoms with Crippen molar-refractivity contribution in [3.63, 3.8) is 0 Å². The molecule has 0 spiro atoms. The highest BCUT2D eigenvalue weighted by molar-refractivity contribution is 6.02. The zero-order valence-electron chi connectivity index (χ0n) is 25.9. The van der Waals surface area contributed by atoms with Crippen LogP contribution in [0.15, 0.2) is 100 Å². The molecule has 0 aliphatic heterocycles. The largest absolute Gasteiger partial charge is 0.464 e. The maximum Gasteiger partial charge on any atom is 0.408 e. The molecule has 0 saturated carbocycles. The lowest BCUT2D eigenvalue weighted by atomic mass is 10.1. The van der Waals surface area contributed by atoms with Gasteiger partial charge < -0.3 is 33.6 Å². The number of aromatic nitrogens is 4. The van der Waals surface area contributed by atoms with Gasteiger partial charge in [0.15, 0.2) is 22.9 Å². The lowest BCUT2D eigenvalue weighted by molar-refractivity contribution is 0.0595. The number of oxazole rings is 2. The third kappa shape index (κ3) is 5.63. The van der Waals surface area contributed by atoms with Gasteiger partial charge >= 0.3 is 12.1 Å². The van der Waals surface area contributed by atoms with Crippen LogP contribution in [0.5, 0.6) is 0 Å². The Labute approximate surface area is 268 Å². The maximum atomic E-state index is 13.0. The summed E-state index contributed by atoms with van der Waals surface area (Å²) in [5.74, 6) is 0.0417. The predicted molar refractivity (Wildman–Crippen MR) is 175 cm³/mol. The number of alkyl carbamates (subject to hydrolysis) is 1. The van der Waals surface area contributed by atoms with Crippen LogP contribution < -0.4 is 5.32 Å². The van der Waals surface area contributed by atoms with E-state index < -0.39 is 18.1 Å². The molecule has 4 heterocycles. The highest BCUT2D eigenvalue weighted by Crippen LogP contribution is 2.41. The van der Waals surface area contributed by atoms with Crippen LogP contribution in [0.1, 0.15) is 41.8 Å². The van der Waals surface area contributed by atoms with Crippen LogP contribution in [-0.4, -0.2) is 39.1 Å². The van der Waals surface area contributed by atoms with E-state index in [0.717, 1.165) is 27.4 Å². The summed E-state index contributed by atoms with van der Waals surface area (Å²) in [5.41, 5.74) is 4.20. The van der Waals surface area contributed by atoms with E-state index in [1.165, 1.54) is 7.11 Å². The molecule has 47 heavy (non-hydrogen) atoms. The molecule has 1 amide bonds. The molecule has 0 unspecified atom stereocenters. The second-order valence-corrected chi connectivity index (χ2v) is 11.3. The van der Waals surface area contributed by atoms with E-state index in [2.05, 4.69) is 20.3 Å². The zero-order valence-corrected chi connectivity index (χ0v) is 25.9. The number of benzene rings is 3. The first-order chi connectivity index (χ1) is 22.9. The van der Waals surface area contributed by atoms with Gasteiger partial charge in [0.25, 0.3) is 5.89 Å². The fourth-order valence-electron chi connectivity index (χ4n) is 5.56. The Hall–Kier alpha value is -6.10. The number of nitrogens with zero attached hydrogens (tertiary/aromatic N) is 2. The lowest BCUT2D eigenvalue weighted by Crippen LogP contribution is -2.32. The third-order valence-electron chi connectivity index (χ3n) is 7.94. The Morgan fingerprint density at radius 1 is 0.809 bits per heavy atom. The molecule has 3 N–H and O–H groups in total. The van der Waals surface area contributed by atoms with Gasteiger partial charge in [-0.2, -0.15) is 4.98 Å². The Bertz CT molecular complexity index is 2210. The fraction of sp³-hybridized carbons (Fsp3) is 0.167. The molecule has 7 aromatic rings. The molecule has 7 rings (SSSR count). The highest BCUT2D eigenvalue weighted by Gasteiger charge is 2.32. The maximum absolute atomic E-state index is 13.0. The topological polar surface area (TPSA) is 148 Å². The number of esters is 1. The van der Waals surface area contributed by atoms with Gasteiger partial charge in [0.1, 0.15) is 12.6 Å². The summed E-state index contributed by atoms with van der Waals surface area (Å²) in [4.78, 5) is 41.9. The molecule has 0 radical (unpaired) electrons. The monoisotopic (exact) mass is 629 g/mol. The Morgan fingerprint density at radius 2 is 1.43 bits per heavy atom. The van der Waals surface area contributed by atoms with Gasteiger partial charge in [0.05, 0.1) is 7.11 Å². The van der Waals surface area contributed by atoms with Crippen molar-refractivity contribution in [2.24, 2.45) is 5.92 Å². The second-order valence-electron chi connectivity index (χ2n) is 11.3. The number of para-hydroxylation sites is 2. The summed E-state index contributed by atoms with van der Waals surface area (Å²) < 4.78 is 23.4. The normalized spacial score (nSPS) is 12.1. The number of amides is 1. The lowest BCUT2D eigenvalue weighted by Gasteiger charge is -2.19. The van der Waals surface area contributed by atoms with Gasteiger partial charge in [0, 0.05) is 45.3 Å². The Morgan fingerprint density at radius 3 is 2.06 bits per heavy atom. The smallest absolute Gasteiger partial charge is 0.408 e. The molecule has 0 aliphatic carbocycles. The standard InChI is InChI=1S/C36H31N5O6/c1-20(2)28(41-36(43)45-19-21-11-5-4-6-12-21)33-39-29(31(46-33)24-17-37-26-15-9-7-13-22(24)26)34-40-30(35(42)44-3)32(47-34)25-18-38-27-16-10-8-14-23(25)27/h4-18,20,28,37-38H,19H2,1-3H3,(H,41,43)/t28-/m0/s1. The highest BCUT2D eigenvalue weighted by atomic mass is 16.5. The number of ether oxygens (including phenoxy) is 2. The van der Waals surface area contributed by atoms with Crippen LogP contribution in [0.25, 0.3) is 56.0 Å². The number of H-pyrrole nitrogens is 2. The number of carbonyl (C=O) groups excluding carboxylic acids is 2. The van der Waals surface area contributed by atoms with Crippen molar-refractivity contribution in [1.82, 2.24) is 25.3 Å². The number of hydrogen-bond donors (Lipinski definition) is 3. The first-order valence-corrected chi connectivity index (χ1v) is 15.1. The van der Waals surface area contributed by atoms with Crippen molar-refractivity contribution in [2.75, 3.05) is 7.11 Å². The molecule has 11 nitrogen and oxygen atoms in total. The number of nitrogens with one attached hydrogen (secondary N) is 3. The Kier molecular flexibility index (Phi) is 7.78. The van der Waals surface area contributed by atoms with E-state index in [4.69, 9.17) is 23.3 Å². The molecule has 11 heteroatoms. The SMILES string of the molecule is COC(=O)c1nc(-c2nc([C@@H](NC(=O)OCc3ccccc3)C(C)C)oc2-c2c[nH]c3ccccc23)oc1-c1c[nH]c2ccccc12. The van der Waals surface area contributed by atoms with Crippen LogP contribution in [-0.2, 0) is 16.1 Å². The van der Waals surface area contributed by atoms with Crippen molar-refractivity contribution >= 4 is 33.9 Å². The quantitative estimate of drug-likeness (QED) is 0.136. The number of fused-ring (bicyclic) bond motifs is 2. The van der Waals surface area contributed by atoms with E-state index in [0.29, 0.717) is 16.9 Å². The molecule has 0 saturated heterocycles. The van der Waals surface area contributed by atoms with Gasteiger partial charge in [-0.15, -0.1) is 0 Å². The number of rotatable bonds is 9. The molecule has 4 aromatic heterocycles. The summed E-state index contributed by atoms with van der Waals surface area (Å²) in [6.45, 7) is 3.98. The summed E-state index contributed by atoms with van der Waals surface area (Å²) >= 11 is 0. The molecular formula is C36H31N5O6. The van der Waals surface area contributed by atoms with Gasteiger partial charge in [-0.05, 0) is 23.6 Å². The molecule has 0 bridgehead atoms. The molecule has 236 valence electrons. The van der Waals surface area contributed by atoms with Crippen molar-refractivity contribution in [2.45, 2.75) is 26.5 Å². The van der Waals surface area contributed by atoms with Crippen molar-refractivity contribution < 1.29 is 27.9 Å². The average molecular weight is 630 g/mol. The third-order valence-corrected chi connectivity index (χ3v) is 7.94. The van der Waals surface area contributed by atoms with Crippen molar-refractivity contribution in [3.05, 3.63) is 108 Å². The molecule has 0 aliphatic rings. The van der Waals surface area contributed by atoms with Crippen molar-refractivity contribution in [3.8, 4) is 34.2 Å². The van der Waals surface area contributed by atoms with Gasteiger partial charge in [-0.1, -0.05) is 80.6 Å². The van der Waals surface area contributed by atoms with Crippen LogP contribution in [0.4, 0.5) is 4.79 Å². The summed E-state index contributed by atoms with van der Waals surface area (Å²) in [7, 11) is 1.29. The van der Waals surface area contributed by atoms with E-state index >= 15 is 0 Å². The van der Waals surface area contributed by atoms with Crippen LogP contribution in [0.2, 0.25) is 0 Å². The zero-order chi connectivity index (χ0) is 32.5.